The minimum atomic E-state index is -0.0758. The Hall–Kier alpha value is -4.42. The Balaban J connectivity index is 0.000000162. The molecule has 2 amide bonds. The second-order valence-corrected chi connectivity index (χ2v) is 12.9. The number of rotatable bonds is 7. The molecule has 1 saturated carbocycles. The van der Waals surface area contributed by atoms with E-state index in [-0.39, 0.29) is 11.8 Å². The van der Waals surface area contributed by atoms with Gasteiger partial charge in [0.1, 0.15) is 10.5 Å². The summed E-state index contributed by atoms with van der Waals surface area (Å²) in [5.74, 6) is 0.408. The molecule has 0 radical (unpaired) electrons. The zero-order valence-electron chi connectivity index (χ0n) is 24.7. The summed E-state index contributed by atoms with van der Waals surface area (Å²) in [5.41, 5.74) is 5.91. The van der Waals surface area contributed by atoms with Crippen molar-refractivity contribution < 1.29 is 9.59 Å². The first kappa shape index (κ1) is 29.6. The highest BCUT2D eigenvalue weighted by Gasteiger charge is 2.20. The van der Waals surface area contributed by atoms with Crippen molar-refractivity contribution in [2.75, 3.05) is 10.6 Å². The second-order valence-electron chi connectivity index (χ2n) is 11.0. The Labute approximate surface area is 263 Å². The Morgan fingerprint density at radius 3 is 1.91 bits per heavy atom. The van der Waals surface area contributed by atoms with E-state index in [1.807, 2.05) is 67.5 Å². The molecular weight excluding hydrogens is 593 g/mol. The van der Waals surface area contributed by atoms with Crippen LogP contribution in [0.2, 0.25) is 0 Å². The average molecular weight is 627 g/mol. The normalized spacial score (nSPS) is 13.5. The summed E-state index contributed by atoms with van der Waals surface area (Å²) < 4.78 is 4.09. The average Bonchev–Trinajstić information content (AvgIpc) is 3.84. The molecule has 4 aromatic heterocycles. The molecule has 44 heavy (non-hydrogen) atoms. The predicted molar refractivity (Wildman–Crippen MR) is 176 cm³/mol. The number of aromatic nitrogens is 6. The lowest BCUT2D eigenvalue weighted by Gasteiger charge is -2.18. The highest BCUT2D eigenvalue weighted by atomic mass is 32.1. The third-order valence-electron chi connectivity index (χ3n) is 7.91. The number of carbonyl (C=O) groups excluding carboxylic acids is 2. The molecule has 0 saturated heterocycles. The fourth-order valence-corrected chi connectivity index (χ4v) is 7.22. The fraction of sp³-hybridized carbons (Fsp3) is 0.312. The van der Waals surface area contributed by atoms with Gasteiger partial charge in [-0.3, -0.25) is 9.59 Å². The van der Waals surface area contributed by atoms with Crippen LogP contribution in [0.3, 0.4) is 0 Å². The summed E-state index contributed by atoms with van der Waals surface area (Å²) in [6.07, 6.45) is 10.9. The van der Waals surface area contributed by atoms with Crippen molar-refractivity contribution in [2.24, 2.45) is 14.1 Å². The van der Waals surface area contributed by atoms with Gasteiger partial charge in [0.15, 0.2) is 0 Å². The summed E-state index contributed by atoms with van der Waals surface area (Å²) in [6.45, 7) is 0. The van der Waals surface area contributed by atoms with Crippen LogP contribution in [0.1, 0.15) is 54.2 Å². The van der Waals surface area contributed by atoms with E-state index in [0.29, 0.717) is 29.0 Å². The summed E-state index contributed by atoms with van der Waals surface area (Å²) in [4.78, 5) is 24.4. The molecule has 12 heteroatoms. The molecule has 10 nitrogen and oxygen atoms in total. The number of anilines is 2. The topological polar surface area (TPSA) is 120 Å². The van der Waals surface area contributed by atoms with Gasteiger partial charge in [-0.05, 0) is 36.1 Å². The van der Waals surface area contributed by atoms with Crippen molar-refractivity contribution in [1.82, 2.24) is 29.5 Å². The number of benzene rings is 2. The molecule has 4 heterocycles. The van der Waals surface area contributed by atoms with Crippen LogP contribution in [-0.2, 0) is 36.5 Å². The molecule has 6 aromatic rings. The van der Waals surface area contributed by atoms with Gasteiger partial charge < -0.3 is 19.8 Å². The van der Waals surface area contributed by atoms with Gasteiger partial charge in [0.05, 0.1) is 12.8 Å². The van der Waals surface area contributed by atoms with Crippen LogP contribution in [0.5, 0.6) is 0 Å². The van der Waals surface area contributed by atoms with Gasteiger partial charge in [-0.15, -0.1) is 20.4 Å². The van der Waals surface area contributed by atoms with Crippen LogP contribution in [0.25, 0.3) is 21.8 Å². The van der Waals surface area contributed by atoms with Crippen molar-refractivity contribution in [2.45, 2.75) is 50.9 Å². The molecule has 0 bridgehead atoms. The number of hydrogen-bond donors (Lipinski definition) is 2. The lowest BCUT2D eigenvalue weighted by Crippen LogP contribution is -2.14. The van der Waals surface area contributed by atoms with Crippen molar-refractivity contribution in [1.29, 1.82) is 0 Å². The lowest BCUT2D eigenvalue weighted by atomic mass is 9.90. The number of nitrogens with zero attached hydrogens (tertiary/aromatic N) is 6. The highest BCUT2D eigenvalue weighted by Crippen LogP contribution is 2.35. The molecule has 1 aliphatic rings. The maximum Gasteiger partial charge on any atom is 0.230 e. The van der Waals surface area contributed by atoms with Crippen LogP contribution < -0.4 is 10.6 Å². The maximum atomic E-state index is 12.4. The van der Waals surface area contributed by atoms with Gasteiger partial charge in [0.25, 0.3) is 0 Å². The zero-order valence-corrected chi connectivity index (χ0v) is 26.3. The van der Waals surface area contributed by atoms with E-state index < -0.39 is 0 Å². The first-order valence-corrected chi connectivity index (χ1v) is 16.4. The molecular formula is C32H34N8O2S2. The van der Waals surface area contributed by atoms with E-state index in [1.54, 1.807) is 5.51 Å². The van der Waals surface area contributed by atoms with E-state index in [9.17, 15) is 9.59 Å². The van der Waals surface area contributed by atoms with Crippen molar-refractivity contribution in [3.05, 3.63) is 82.6 Å². The van der Waals surface area contributed by atoms with Gasteiger partial charge in [-0.2, -0.15) is 0 Å². The SMILES string of the molecule is Cn1cc(CC(=O)Nc2nnc(C3CCCCC3)s2)c2ccccc21.Cn1cc(CC(=O)Nc2nncs2)c2ccccc21. The van der Waals surface area contributed by atoms with E-state index in [4.69, 9.17) is 0 Å². The highest BCUT2D eigenvalue weighted by molar-refractivity contribution is 7.15. The van der Waals surface area contributed by atoms with E-state index in [1.165, 1.54) is 54.8 Å². The quantitative estimate of drug-likeness (QED) is 0.210. The Kier molecular flexibility index (Phi) is 9.08. The molecule has 226 valence electrons. The van der Waals surface area contributed by atoms with Gasteiger partial charge in [0.2, 0.25) is 22.1 Å². The van der Waals surface area contributed by atoms with Gasteiger partial charge in [-0.1, -0.05) is 78.3 Å². The third kappa shape index (κ3) is 6.87. The van der Waals surface area contributed by atoms with Crippen molar-refractivity contribution >= 4 is 66.6 Å². The van der Waals surface area contributed by atoms with Crippen LogP contribution in [-0.4, -0.2) is 41.3 Å². The Morgan fingerprint density at radius 2 is 1.34 bits per heavy atom. The van der Waals surface area contributed by atoms with Crippen molar-refractivity contribution in [3.63, 3.8) is 0 Å². The number of fused-ring (bicyclic) bond motifs is 2. The van der Waals surface area contributed by atoms with E-state index in [2.05, 4.69) is 47.7 Å². The minimum Gasteiger partial charge on any atom is -0.350 e. The molecule has 7 rings (SSSR count). The Bertz CT molecular complexity index is 1880. The number of carbonyl (C=O) groups is 2. The fourth-order valence-electron chi connectivity index (χ4n) is 5.83. The molecule has 2 N–H and O–H groups in total. The molecule has 1 aliphatic carbocycles. The number of amides is 2. The summed E-state index contributed by atoms with van der Waals surface area (Å²) in [6, 6.07) is 16.2. The summed E-state index contributed by atoms with van der Waals surface area (Å²) >= 11 is 2.84. The molecule has 0 unspecified atom stereocenters. The second kappa shape index (κ2) is 13.5. The minimum absolute atomic E-state index is 0.0392. The van der Waals surface area contributed by atoms with E-state index >= 15 is 0 Å². The van der Waals surface area contributed by atoms with Crippen LogP contribution >= 0.6 is 22.7 Å². The molecule has 0 atom stereocenters. The lowest BCUT2D eigenvalue weighted by molar-refractivity contribution is -0.116. The summed E-state index contributed by atoms with van der Waals surface area (Å²) in [7, 11) is 3.99. The first-order chi connectivity index (χ1) is 21.4. The third-order valence-corrected chi connectivity index (χ3v) is 9.52. The monoisotopic (exact) mass is 626 g/mol. The molecule has 0 spiro atoms. The Morgan fingerprint density at radius 1 is 0.773 bits per heavy atom. The van der Waals surface area contributed by atoms with Gasteiger partial charge >= 0.3 is 0 Å². The van der Waals surface area contributed by atoms with Gasteiger partial charge in [-0.25, -0.2) is 0 Å². The largest absolute Gasteiger partial charge is 0.350 e. The number of nitrogens with one attached hydrogen (secondary N) is 2. The first-order valence-electron chi connectivity index (χ1n) is 14.7. The molecule has 2 aromatic carbocycles. The number of para-hydroxylation sites is 2. The maximum absolute atomic E-state index is 12.4. The number of aryl methyl sites for hydroxylation is 2. The van der Waals surface area contributed by atoms with Crippen molar-refractivity contribution in [3.8, 4) is 0 Å². The van der Waals surface area contributed by atoms with Crippen LogP contribution in [0.4, 0.5) is 10.3 Å². The summed E-state index contributed by atoms with van der Waals surface area (Å²) in [5, 5.41) is 26.1. The smallest absolute Gasteiger partial charge is 0.230 e. The molecule has 0 aliphatic heterocycles. The molecule has 1 fully saturated rings. The zero-order chi connectivity index (χ0) is 30.5. The van der Waals surface area contributed by atoms with Crippen LogP contribution in [0.15, 0.2) is 66.4 Å². The standard InChI is InChI=1S/C19H22N4OS.C13H12N4OS/c1-23-12-14(15-9-5-6-10-16(15)23)11-17(24)20-19-22-21-18(25-19)13-7-3-2-4-8-13;1-17-7-9(10-4-2-3-5-11(10)17)6-12(18)15-13-16-14-8-19-13/h5-6,9-10,12-13H,2-4,7-8,11H2,1H3,(H,20,22,24);2-5,7-8H,6H2,1H3,(H,15,16,18). The van der Waals surface area contributed by atoms with Crippen LogP contribution in [0, 0.1) is 0 Å². The van der Waals surface area contributed by atoms with E-state index in [0.717, 1.165) is 37.9 Å². The number of hydrogen-bond acceptors (Lipinski definition) is 8. The van der Waals surface area contributed by atoms with Gasteiger partial charge in [0, 0.05) is 54.2 Å². The predicted octanol–water partition coefficient (Wildman–Crippen LogP) is 6.47.